The zero-order valence-electron chi connectivity index (χ0n) is 17.0. The van der Waals surface area contributed by atoms with Crippen LogP contribution < -0.4 is 15.1 Å². The van der Waals surface area contributed by atoms with Crippen molar-refractivity contribution in [3.63, 3.8) is 0 Å². The molecule has 6 nitrogen and oxygen atoms in total. The summed E-state index contributed by atoms with van der Waals surface area (Å²) in [6.45, 7) is 1.74. The number of benzene rings is 3. The van der Waals surface area contributed by atoms with Crippen LogP contribution in [0.1, 0.15) is 17.2 Å². The van der Waals surface area contributed by atoms with Gasteiger partial charge in [0.05, 0.1) is 7.11 Å². The van der Waals surface area contributed by atoms with Crippen LogP contribution in [0.4, 0.5) is 0 Å². The van der Waals surface area contributed by atoms with Crippen molar-refractivity contribution in [1.29, 1.82) is 0 Å². The first-order chi connectivity index (χ1) is 15.0. The molecule has 3 aromatic carbocycles. The maximum atomic E-state index is 12.3. The molecule has 0 unspecified atom stereocenters. The van der Waals surface area contributed by atoms with E-state index < -0.39 is 17.7 Å². The molecule has 0 radical (unpaired) electrons. The normalized spacial score (nSPS) is 11.8. The molecule has 1 aromatic heterocycles. The molecule has 0 spiro atoms. The van der Waals surface area contributed by atoms with Crippen molar-refractivity contribution in [2.45, 2.75) is 13.0 Å². The van der Waals surface area contributed by atoms with Gasteiger partial charge in [0, 0.05) is 22.6 Å². The Morgan fingerprint density at radius 1 is 1.00 bits per heavy atom. The molecule has 1 atom stereocenters. The Hall–Kier alpha value is -4.06. The molecular formula is C25H20O6. The monoisotopic (exact) mass is 416 g/mol. The van der Waals surface area contributed by atoms with Crippen molar-refractivity contribution >= 4 is 16.9 Å². The average molecular weight is 416 g/mol. The lowest BCUT2D eigenvalue weighted by molar-refractivity contribution is -0.145. The summed E-state index contributed by atoms with van der Waals surface area (Å²) in [5.41, 5.74) is 2.46. The minimum absolute atomic E-state index is 0.332. The van der Waals surface area contributed by atoms with Crippen molar-refractivity contribution in [3.05, 3.63) is 94.3 Å². The Labute approximate surface area is 178 Å². The number of fused-ring (bicyclic) bond motifs is 1. The highest BCUT2D eigenvalue weighted by atomic mass is 16.5. The van der Waals surface area contributed by atoms with Crippen LogP contribution in [0.25, 0.3) is 22.1 Å². The lowest BCUT2D eigenvalue weighted by Gasteiger charge is -2.18. The smallest absolute Gasteiger partial charge is 0.349 e. The van der Waals surface area contributed by atoms with Gasteiger partial charge in [0.1, 0.15) is 17.1 Å². The first-order valence-corrected chi connectivity index (χ1v) is 9.64. The van der Waals surface area contributed by atoms with Crippen LogP contribution >= 0.6 is 0 Å². The van der Waals surface area contributed by atoms with Gasteiger partial charge in [0.2, 0.25) is 6.10 Å². The Kier molecular flexibility index (Phi) is 5.45. The van der Waals surface area contributed by atoms with Gasteiger partial charge in [-0.3, -0.25) is 0 Å². The molecule has 0 aliphatic rings. The Morgan fingerprint density at radius 2 is 1.71 bits per heavy atom. The van der Waals surface area contributed by atoms with E-state index in [0.29, 0.717) is 33.8 Å². The van der Waals surface area contributed by atoms with Crippen molar-refractivity contribution in [2.75, 3.05) is 7.11 Å². The van der Waals surface area contributed by atoms with E-state index in [4.69, 9.17) is 13.9 Å². The van der Waals surface area contributed by atoms with Gasteiger partial charge in [0.15, 0.2) is 0 Å². The van der Waals surface area contributed by atoms with E-state index in [0.717, 1.165) is 10.9 Å². The Bertz CT molecular complexity index is 1290. The zero-order valence-corrected chi connectivity index (χ0v) is 17.0. The lowest BCUT2D eigenvalue weighted by atomic mass is 10.00. The van der Waals surface area contributed by atoms with Crippen LogP contribution in [0.15, 0.2) is 82.0 Å². The third-order valence-electron chi connectivity index (χ3n) is 5.08. The number of rotatable bonds is 6. The fourth-order valence-electron chi connectivity index (χ4n) is 3.50. The molecule has 31 heavy (non-hydrogen) atoms. The third-order valence-corrected chi connectivity index (χ3v) is 5.08. The van der Waals surface area contributed by atoms with Crippen LogP contribution in [-0.2, 0) is 4.79 Å². The van der Waals surface area contributed by atoms with Crippen LogP contribution in [0.5, 0.6) is 11.5 Å². The van der Waals surface area contributed by atoms with Gasteiger partial charge in [-0.05, 0) is 42.3 Å². The highest BCUT2D eigenvalue weighted by Gasteiger charge is 2.23. The summed E-state index contributed by atoms with van der Waals surface area (Å²) < 4.78 is 16.5. The summed E-state index contributed by atoms with van der Waals surface area (Å²) in [6.07, 6.45) is -1.19. The fraction of sp³-hybridized carbons (Fsp3) is 0.120. The highest BCUT2D eigenvalue weighted by Crippen LogP contribution is 2.35. The lowest BCUT2D eigenvalue weighted by Crippen LogP contribution is -2.18. The molecule has 0 saturated heterocycles. The minimum atomic E-state index is -1.19. The summed E-state index contributed by atoms with van der Waals surface area (Å²) in [5, 5.41) is 10.4. The molecule has 0 aliphatic carbocycles. The summed E-state index contributed by atoms with van der Waals surface area (Å²) >= 11 is 0. The van der Waals surface area contributed by atoms with Gasteiger partial charge in [-0.25, -0.2) is 9.59 Å². The summed E-state index contributed by atoms with van der Waals surface area (Å²) in [5.74, 6) is -0.0681. The second-order valence-corrected chi connectivity index (χ2v) is 7.02. The van der Waals surface area contributed by atoms with Crippen LogP contribution in [0, 0.1) is 6.92 Å². The Balaban J connectivity index is 1.80. The average Bonchev–Trinajstić information content (AvgIpc) is 2.79. The first-order valence-electron chi connectivity index (χ1n) is 9.64. The van der Waals surface area contributed by atoms with Gasteiger partial charge in [-0.1, -0.05) is 42.5 Å². The van der Waals surface area contributed by atoms with E-state index in [-0.39, 0.29) is 0 Å². The summed E-state index contributed by atoms with van der Waals surface area (Å²) in [7, 11) is 1.59. The molecule has 156 valence electrons. The molecule has 0 saturated carbocycles. The number of carboxylic acid groups (broad SMARTS) is 1. The number of ether oxygens (including phenoxy) is 2. The van der Waals surface area contributed by atoms with Crippen LogP contribution in [0.3, 0.4) is 0 Å². The van der Waals surface area contributed by atoms with Crippen molar-refractivity contribution < 1.29 is 23.8 Å². The van der Waals surface area contributed by atoms with Gasteiger partial charge in [0.25, 0.3) is 0 Å². The Morgan fingerprint density at radius 3 is 2.35 bits per heavy atom. The molecular weight excluding hydrogens is 396 g/mol. The number of hydrogen-bond acceptors (Lipinski definition) is 5. The molecule has 6 heteroatoms. The van der Waals surface area contributed by atoms with E-state index >= 15 is 0 Å². The maximum Gasteiger partial charge on any atom is 0.349 e. The molecule has 1 N–H and O–H groups in total. The quantitative estimate of drug-likeness (QED) is 0.446. The minimum Gasteiger partial charge on any atom is -0.497 e. The van der Waals surface area contributed by atoms with E-state index in [1.165, 1.54) is 6.07 Å². The van der Waals surface area contributed by atoms with Gasteiger partial charge in [-0.2, -0.15) is 0 Å². The fourth-order valence-corrected chi connectivity index (χ4v) is 3.50. The molecule has 0 amide bonds. The highest BCUT2D eigenvalue weighted by molar-refractivity contribution is 5.95. The van der Waals surface area contributed by atoms with Crippen LogP contribution in [0.2, 0.25) is 0 Å². The number of aryl methyl sites for hydroxylation is 1. The number of carbonyl (C=O) groups is 1. The largest absolute Gasteiger partial charge is 0.497 e. The second kappa shape index (κ2) is 8.36. The van der Waals surface area contributed by atoms with Crippen molar-refractivity contribution in [1.82, 2.24) is 0 Å². The topological polar surface area (TPSA) is 86.0 Å². The standard InChI is InChI=1S/C25H20O6/c1-15-21(30-24(25(27)28)17-6-4-3-5-7-17)13-12-19-20(14-22(26)31-23(15)19)16-8-10-18(29-2)11-9-16/h3-14,24H,1-2H3,(H,27,28)/t24-/m1/s1. The third kappa shape index (κ3) is 4.00. The van der Waals surface area contributed by atoms with E-state index in [1.807, 2.05) is 24.3 Å². The first kappa shape index (κ1) is 20.2. The van der Waals surface area contributed by atoms with Gasteiger partial charge >= 0.3 is 11.6 Å². The number of aliphatic carboxylic acids is 1. The summed E-state index contributed by atoms with van der Waals surface area (Å²) in [6, 6.07) is 21.0. The predicted octanol–water partition coefficient (Wildman–Crippen LogP) is 4.98. The van der Waals surface area contributed by atoms with Gasteiger partial charge < -0.3 is 19.0 Å². The number of methoxy groups -OCH3 is 1. The number of carboxylic acids is 1. The van der Waals surface area contributed by atoms with E-state index in [9.17, 15) is 14.7 Å². The molecule has 0 aliphatic heterocycles. The molecule has 0 bridgehead atoms. The van der Waals surface area contributed by atoms with Crippen molar-refractivity contribution in [3.8, 4) is 22.6 Å². The second-order valence-electron chi connectivity index (χ2n) is 7.02. The number of hydrogen-bond donors (Lipinski definition) is 1. The molecule has 4 aromatic rings. The molecule has 4 rings (SSSR count). The maximum absolute atomic E-state index is 12.3. The molecule has 1 heterocycles. The SMILES string of the molecule is COc1ccc(-c2cc(=O)oc3c(C)c(O[C@@H](C(=O)O)c4ccccc4)ccc23)cc1. The predicted molar refractivity (Wildman–Crippen MR) is 117 cm³/mol. The molecule has 0 fully saturated rings. The van der Waals surface area contributed by atoms with Crippen LogP contribution in [-0.4, -0.2) is 18.2 Å². The van der Waals surface area contributed by atoms with E-state index in [2.05, 4.69) is 0 Å². The van der Waals surface area contributed by atoms with Crippen molar-refractivity contribution in [2.24, 2.45) is 0 Å². The van der Waals surface area contributed by atoms with E-state index in [1.54, 1.807) is 56.5 Å². The summed E-state index contributed by atoms with van der Waals surface area (Å²) in [4.78, 5) is 24.1. The zero-order chi connectivity index (χ0) is 22.0. The van der Waals surface area contributed by atoms with Gasteiger partial charge in [-0.15, -0.1) is 0 Å².